The molecule has 6 heteroatoms. The number of nitrogens with one attached hydrogen (secondary N) is 2. The van der Waals surface area contributed by atoms with E-state index in [0.717, 1.165) is 42.9 Å². The standard InChI is InChI=1S/C24H30N6/c25-24-28-21-11-10-17(16-20(21)23(29-24)27-18-6-2-1-3-7-18)19-8-4-5-9-22(19)30-14-12-26-13-15-30/h4-5,8-11,16,18,26H,1-3,6-7,12-15H2,(H3,25,27,28,29). The molecule has 1 aliphatic carbocycles. The number of rotatable bonds is 4. The maximum atomic E-state index is 6.03. The van der Waals surface area contributed by atoms with Crippen LogP contribution in [0.15, 0.2) is 42.5 Å². The molecule has 4 N–H and O–H groups in total. The normalized spacial score (nSPS) is 17.9. The van der Waals surface area contributed by atoms with Crippen LogP contribution in [-0.2, 0) is 0 Å². The van der Waals surface area contributed by atoms with Crippen molar-refractivity contribution in [1.82, 2.24) is 15.3 Å². The highest BCUT2D eigenvalue weighted by Gasteiger charge is 2.18. The second kappa shape index (κ2) is 8.48. The van der Waals surface area contributed by atoms with Gasteiger partial charge in [-0.3, -0.25) is 0 Å². The van der Waals surface area contributed by atoms with Gasteiger partial charge >= 0.3 is 0 Å². The van der Waals surface area contributed by atoms with Crippen LogP contribution in [0.25, 0.3) is 22.0 Å². The minimum Gasteiger partial charge on any atom is -0.368 e. The first kappa shape index (κ1) is 19.1. The Bertz CT molecular complexity index is 1020. The van der Waals surface area contributed by atoms with Gasteiger partial charge in [-0.15, -0.1) is 0 Å². The van der Waals surface area contributed by atoms with Gasteiger partial charge in [0, 0.05) is 48.9 Å². The van der Waals surface area contributed by atoms with E-state index >= 15 is 0 Å². The Kier molecular flexibility index (Phi) is 5.41. The molecule has 0 atom stereocenters. The second-order valence-electron chi connectivity index (χ2n) is 8.40. The quantitative estimate of drug-likeness (QED) is 0.611. The predicted octanol–water partition coefficient (Wildman–Crippen LogP) is 4.03. The highest BCUT2D eigenvalue weighted by atomic mass is 15.2. The molecule has 1 saturated carbocycles. The van der Waals surface area contributed by atoms with Crippen molar-refractivity contribution < 1.29 is 0 Å². The monoisotopic (exact) mass is 402 g/mol. The molecule has 2 aromatic carbocycles. The highest BCUT2D eigenvalue weighted by Crippen LogP contribution is 2.34. The van der Waals surface area contributed by atoms with Gasteiger partial charge in [-0.1, -0.05) is 43.5 Å². The summed E-state index contributed by atoms with van der Waals surface area (Å²) in [5, 5.41) is 8.16. The lowest BCUT2D eigenvalue weighted by atomic mass is 9.95. The largest absolute Gasteiger partial charge is 0.368 e. The molecule has 0 amide bonds. The number of hydrogen-bond donors (Lipinski definition) is 3. The number of anilines is 3. The Balaban J connectivity index is 1.55. The fourth-order valence-electron chi connectivity index (χ4n) is 4.76. The minimum absolute atomic E-state index is 0.328. The van der Waals surface area contributed by atoms with Crippen LogP contribution in [0.4, 0.5) is 17.5 Å². The van der Waals surface area contributed by atoms with E-state index in [1.54, 1.807) is 0 Å². The van der Waals surface area contributed by atoms with Crippen molar-refractivity contribution in [2.45, 2.75) is 38.1 Å². The molecule has 2 fully saturated rings. The lowest BCUT2D eigenvalue weighted by Gasteiger charge is -2.31. The third-order valence-electron chi connectivity index (χ3n) is 6.33. The van der Waals surface area contributed by atoms with Gasteiger partial charge in [0.25, 0.3) is 0 Å². The summed E-state index contributed by atoms with van der Waals surface area (Å²) in [6, 6.07) is 15.6. The summed E-state index contributed by atoms with van der Waals surface area (Å²) in [4.78, 5) is 11.5. The first-order valence-electron chi connectivity index (χ1n) is 11.2. The van der Waals surface area contributed by atoms with E-state index in [2.05, 4.69) is 68.0 Å². The third-order valence-corrected chi connectivity index (χ3v) is 6.33. The topological polar surface area (TPSA) is 79.1 Å². The first-order chi connectivity index (χ1) is 14.8. The molecular weight excluding hydrogens is 372 g/mol. The highest BCUT2D eigenvalue weighted by molar-refractivity contribution is 5.95. The molecule has 5 rings (SSSR count). The molecule has 156 valence electrons. The number of nitrogen functional groups attached to an aromatic ring is 1. The molecule has 3 aromatic rings. The number of aromatic nitrogens is 2. The summed E-state index contributed by atoms with van der Waals surface area (Å²) < 4.78 is 0. The van der Waals surface area contributed by atoms with Crippen molar-refractivity contribution in [1.29, 1.82) is 0 Å². The summed E-state index contributed by atoms with van der Waals surface area (Å²) in [5.41, 5.74) is 10.7. The summed E-state index contributed by atoms with van der Waals surface area (Å²) >= 11 is 0. The van der Waals surface area contributed by atoms with Crippen LogP contribution < -0.4 is 21.3 Å². The van der Waals surface area contributed by atoms with Crippen molar-refractivity contribution in [3.63, 3.8) is 0 Å². The van der Waals surface area contributed by atoms with E-state index in [1.807, 2.05) is 0 Å². The van der Waals surface area contributed by atoms with Crippen LogP contribution in [0.3, 0.4) is 0 Å². The Labute approximate surface area is 177 Å². The number of para-hydroxylation sites is 1. The van der Waals surface area contributed by atoms with E-state index in [9.17, 15) is 0 Å². The predicted molar refractivity (Wildman–Crippen MR) is 125 cm³/mol. The van der Waals surface area contributed by atoms with E-state index in [4.69, 9.17) is 5.73 Å². The lowest BCUT2D eigenvalue weighted by molar-refractivity contribution is 0.462. The summed E-state index contributed by atoms with van der Waals surface area (Å²) in [5.74, 6) is 1.20. The summed E-state index contributed by atoms with van der Waals surface area (Å²) in [6.07, 6.45) is 6.27. The molecule has 1 aliphatic heterocycles. The number of hydrogen-bond acceptors (Lipinski definition) is 6. The maximum absolute atomic E-state index is 6.03. The molecule has 1 saturated heterocycles. The van der Waals surface area contributed by atoms with Crippen molar-refractivity contribution in [2.24, 2.45) is 0 Å². The second-order valence-corrected chi connectivity index (χ2v) is 8.40. The summed E-state index contributed by atoms with van der Waals surface area (Å²) in [6.45, 7) is 4.10. The molecule has 0 radical (unpaired) electrons. The zero-order chi connectivity index (χ0) is 20.3. The van der Waals surface area contributed by atoms with Crippen molar-refractivity contribution in [2.75, 3.05) is 42.1 Å². The number of benzene rings is 2. The fraction of sp³-hybridized carbons (Fsp3) is 0.417. The molecule has 1 aromatic heterocycles. The SMILES string of the molecule is Nc1nc(NC2CCCCC2)c2cc(-c3ccccc3N3CCNCC3)ccc2n1. The molecule has 0 bridgehead atoms. The maximum Gasteiger partial charge on any atom is 0.222 e. The van der Waals surface area contributed by atoms with Gasteiger partial charge in [-0.25, -0.2) is 4.98 Å². The average molecular weight is 403 g/mol. The van der Waals surface area contributed by atoms with Crippen LogP contribution >= 0.6 is 0 Å². The van der Waals surface area contributed by atoms with Crippen LogP contribution in [-0.4, -0.2) is 42.2 Å². The van der Waals surface area contributed by atoms with Gasteiger partial charge in [0.1, 0.15) is 5.82 Å². The molecule has 0 spiro atoms. The lowest BCUT2D eigenvalue weighted by Crippen LogP contribution is -2.43. The van der Waals surface area contributed by atoms with Gasteiger partial charge in [-0.05, 0) is 36.6 Å². The number of nitrogens with two attached hydrogens (primary N) is 1. The molecular formula is C24H30N6. The van der Waals surface area contributed by atoms with Gasteiger partial charge in [0.15, 0.2) is 0 Å². The van der Waals surface area contributed by atoms with Gasteiger partial charge in [0.05, 0.1) is 5.52 Å². The number of fused-ring (bicyclic) bond motifs is 1. The smallest absolute Gasteiger partial charge is 0.222 e. The molecule has 2 heterocycles. The van der Waals surface area contributed by atoms with Gasteiger partial charge < -0.3 is 21.3 Å². The first-order valence-corrected chi connectivity index (χ1v) is 11.2. The molecule has 2 aliphatic rings. The Morgan fingerprint density at radius 2 is 1.77 bits per heavy atom. The average Bonchev–Trinajstić information content (AvgIpc) is 2.80. The van der Waals surface area contributed by atoms with Gasteiger partial charge in [-0.2, -0.15) is 4.98 Å². The molecule has 6 nitrogen and oxygen atoms in total. The van der Waals surface area contributed by atoms with Crippen LogP contribution in [0.1, 0.15) is 32.1 Å². The third kappa shape index (κ3) is 3.92. The number of nitrogens with zero attached hydrogens (tertiary/aromatic N) is 3. The molecule has 0 unspecified atom stereocenters. The Morgan fingerprint density at radius 1 is 0.967 bits per heavy atom. The van der Waals surface area contributed by atoms with E-state index in [0.29, 0.717) is 12.0 Å². The van der Waals surface area contributed by atoms with E-state index in [1.165, 1.54) is 48.9 Å². The molecule has 30 heavy (non-hydrogen) atoms. The van der Waals surface area contributed by atoms with Crippen LogP contribution in [0.2, 0.25) is 0 Å². The van der Waals surface area contributed by atoms with E-state index in [-0.39, 0.29) is 0 Å². The minimum atomic E-state index is 0.328. The number of piperazine rings is 1. The zero-order valence-corrected chi connectivity index (χ0v) is 17.4. The van der Waals surface area contributed by atoms with E-state index < -0.39 is 0 Å². The van der Waals surface area contributed by atoms with Crippen LogP contribution in [0.5, 0.6) is 0 Å². The summed E-state index contributed by atoms with van der Waals surface area (Å²) in [7, 11) is 0. The Morgan fingerprint density at radius 3 is 2.60 bits per heavy atom. The van der Waals surface area contributed by atoms with Crippen molar-refractivity contribution in [3.8, 4) is 11.1 Å². The van der Waals surface area contributed by atoms with Crippen molar-refractivity contribution >= 4 is 28.4 Å². The van der Waals surface area contributed by atoms with Gasteiger partial charge in [0.2, 0.25) is 5.95 Å². The fourth-order valence-corrected chi connectivity index (χ4v) is 4.76. The Hall–Kier alpha value is -2.86. The van der Waals surface area contributed by atoms with Crippen LogP contribution in [0, 0.1) is 0 Å². The van der Waals surface area contributed by atoms with Crippen molar-refractivity contribution in [3.05, 3.63) is 42.5 Å². The zero-order valence-electron chi connectivity index (χ0n) is 17.4.